The van der Waals surface area contributed by atoms with Crippen LogP contribution in [0.3, 0.4) is 0 Å². The number of hydrogen-bond acceptors (Lipinski definition) is 6. The molecule has 2 amide bonds. The Morgan fingerprint density at radius 2 is 2.00 bits per heavy atom. The summed E-state index contributed by atoms with van der Waals surface area (Å²) >= 11 is 7.68. The van der Waals surface area contributed by atoms with Gasteiger partial charge in [-0.25, -0.2) is 0 Å². The lowest BCUT2D eigenvalue weighted by Gasteiger charge is -2.40. The molecule has 0 saturated carbocycles. The summed E-state index contributed by atoms with van der Waals surface area (Å²) in [5, 5.41) is 10.8. The number of carbonyl (C=O) groups is 3. The minimum atomic E-state index is -0.832. The van der Waals surface area contributed by atoms with E-state index in [0.29, 0.717) is 23.6 Å². The van der Waals surface area contributed by atoms with Gasteiger partial charge >= 0.3 is 5.97 Å². The largest absolute Gasteiger partial charge is 0.465 e. The minimum Gasteiger partial charge on any atom is -0.465 e. The number of esters is 1. The van der Waals surface area contributed by atoms with Gasteiger partial charge in [-0.1, -0.05) is 37.6 Å². The second-order valence-corrected chi connectivity index (χ2v) is 12.3. The smallest absolute Gasteiger partial charge is 0.310 e. The van der Waals surface area contributed by atoms with Crippen LogP contribution in [0, 0.1) is 17.8 Å². The highest BCUT2D eigenvalue weighted by Crippen LogP contribution is 2.67. The van der Waals surface area contributed by atoms with Gasteiger partial charge in [0.15, 0.2) is 0 Å². The number of aliphatic hydroxyl groups is 1. The fourth-order valence-electron chi connectivity index (χ4n) is 6.18. The Morgan fingerprint density at radius 3 is 2.59 bits per heavy atom. The summed E-state index contributed by atoms with van der Waals surface area (Å²) in [6, 6.07) is 5.58. The molecule has 3 aliphatic heterocycles. The number of ether oxygens (including phenoxy) is 1. The van der Waals surface area contributed by atoms with Gasteiger partial charge in [-0.2, -0.15) is 0 Å². The first-order chi connectivity index (χ1) is 17.7. The fraction of sp³-hybridized carbons (Fsp3) is 0.536. The van der Waals surface area contributed by atoms with E-state index in [0.717, 1.165) is 6.42 Å². The topological polar surface area (TPSA) is 87.1 Å². The van der Waals surface area contributed by atoms with Crippen LogP contribution in [-0.2, 0) is 19.1 Å². The van der Waals surface area contributed by atoms with E-state index in [-0.39, 0.29) is 42.7 Å². The van der Waals surface area contributed by atoms with Gasteiger partial charge < -0.3 is 19.6 Å². The number of amides is 2. The van der Waals surface area contributed by atoms with Gasteiger partial charge in [-0.05, 0) is 49.4 Å². The molecule has 200 valence electrons. The number of nitrogens with zero attached hydrogens (tertiary/aromatic N) is 2. The van der Waals surface area contributed by atoms with Crippen LogP contribution < -0.4 is 4.90 Å². The normalized spacial score (nSPS) is 28.8. The highest BCUT2D eigenvalue weighted by atomic mass is 35.5. The van der Waals surface area contributed by atoms with E-state index in [9.17, 15) is 19.5 Å². The molecule has 3 aliphatic rings. The van der Waals surface area contributed by atoms with Crippen molar-refractivity contribution in [2.45, 2.75) is 55.2 Å². The number of anilines is 1. The van der Waals surface area contributed by atoms with Crippen molar-refractivity contribution < 1.29 is 24.2 Å². The van der Waals surface area contributed by atoms with Gasteiger partial charge in [-0.15, -0.1) is 24.9 Å². The molecule has 2 bridgehead atoms. The summed E-state index contributed by atoms with van der Waals surface area (Å²) in [6.07, 6.45) is 5.22. The first kappa shape index (κ1) is 27.7. The maximum atomic E-state index is 14.5. The maximum Gasteiger partial charge on any atom is 0.310 e. The third-order valence-electron chi connectivity index (χ3n) is 7.84. The lowest BCUT2D eigenvalue weighted by molar-refractivity contribution is -0.154. The highest BCUT2D eigenvalue weighted by Gasteiger charge is 2.75. The molecule has 0 radical (unpaired) electrons. The lowest BCUT2D eigenvalue weighted by atomic mass is 9.71. The van der Waals surface area contributed by atoms with Crippen LogP contribution in [0.25, 0.3) is 0 Å². The van der Waals surface area contributed by atoms with Crippen LogP contribution in [-0.4, -0.2) is 69.6 Å². The van der Waals surface area contributed by atoms with E-state index in [1.807, 2.05) is 13.8 Å². The van der Waals surface area contributed by atoms with Crippen molar-refractivity contribution in [3.05, 3.63) is 54.6 Å². The first-order valence-corrected chi connectivity index (χ1v) is 14.0. The van der Waals surface area contributed by atoms with Crippen LogP contribution in [0.2, 0.25) is 5.02 Å². The van der Waals surface area contributed by atoms with Crippen molar-refractivity contribution in [3.8, 4) is 0 Å². The average Bonchev–Trinajstić information content (AvgIpc) is 3.51. The minimum absolute atomic E-state index is 0.0855. The fourth-order valence-corrected chi connectivity index (χ4v) is 8.49. The summed E-state index contributed by atoms with van der Waals surface area (Å²) in [4.78, 5) is 45.1. The Morgan fingerprint density at radius 1 is 1.30 bits per heavy atom. The molecule has 1 N–H and O–H groups in total. The molecule has 3 fully saturated rings. The predicted molar refractivity (Wildman–Crippen MR) is 146 cm³/mol. The average molecular weight is 547 g/mol. The van der Waals surface area contributed by atoms with Gasteiger partial charge in [0.1, 0.15) is 6.04 Å². The predicted octanol–water partition coefficient (Wildman–Crippen LogP) is 4.09. The van der Waals surface area contributed by atoms with Crippen LogP contribution >= 0.6 is 23.4 Å². The van der Waals surface area contributed by atoms with Gasteiger partial charge in [0, 0.05) is 22.5 Å². The summed E-state index contributed by atoms with van der Waals surface area (Å²) in [5.41, 5.74) is 0.643. The molecule has 4 rings (SSSR count). The van der Waals surface area contributed by atoms with Crippen molar-refractivity contribution in [3.63, 3.8) is 0 Å². The van der Waals surface area contributed by atoms with Gasteiger partial charge in [-0.3, -0.25) is 14.4 Å². The standard InChI is InChI=1S/C28H35ClN2O5S/c1-5-7-15-36-27(35)22-21-12-13-28(37-21)23(22)25(33)31(20(16-32)17(3)4)24(28)26(34)30(14-6-2)19-10-8-18(29)9-11-19/h5-6,8-11,17,20-24,32H,1-2,7,12-16H2,3-4H3/t20-,21+,22-,23-,24?,28?/m0/s1. The highest BCUT2D eigenvalue weighted by molar-refractivity contribution is 8.02. The van der Waals surface area contributed by atoms with Crippen molar-refractivity contribution in [2.24, 2.45) is 17.8 Å². The number of carbonyl (C=O) groups excluding carboxylic acids is 3. The zero-order valence-corrected chi connectivity index (χ0v) is 22.9. The summed E-state index contributed by atoms with van der Waals surface area (Å²) in [6.45, 7) is 11.5. The molecular weight excluding hydrogens is 512 g/mol. The second kappa shape index (κ2) is 11.2. The quantitative estimate of drug-likeness (QED) is 0.256. The molecule has 3 heterocycles. The van der Waals surface area contributed by atoms with E-state index in [1.54, 1.807) is 58.0 Å². The molecule has 2 unspecified atom stereocenters. The van der Waals surface area contributed by atoms with E-state index in [4.69, 9.17) is 16.3 Å². The van der Waals surface area contributed by atoms with Gasteiger partial charge in [0.25, 0.3) is 5.91 Å². The molecule has 1 aromatic rings. The maximum absolute atomic E-state index is 14.5. The van der Waals surface area contributed by atoms with E-state index in [1.165, 1.54) is 0 Å². The summed E-state index contributed by atoms with van der Waals surface area (Å²) in [7, 11) is 0. The van der Waals surface area contributed by atoms with Crippen LogP contribution in [0.1, 0.15) is 33.1 Å². The van der Waals surface area contributed by atoms with Crippen molar-refractivity contribution >= 4 is 46.8 Å². The number of aliphatic hydroxyl groups excluding tert-OH is 1. The molecule has 1 spiro atoms. The first-order valence-electron chi connectivity index (χ1n) is 12.8. The Kier molecular flexibility index (Phi) is 8.41. The van der Waals surface area contributed by atoms with Crippen LogP contribution in [0.5, 0.6) is 0 Å². The number of hydrogen-bond donors (Lipinski definition) is 1. The Hall–Kier alpha value is -2.29. The Bertz CT molecular complexity index is 1060. The van der Waals surface area contributed by atoms with Crippen LogP contribution in [0.4, 0.5) is 5.69 Å². The number of rotatable bonds is 11. The molecule has 9 heteroatoms. The van der Waals surface area contributed by atoms with Gasteiger partial charge in [0.2, 0.25) is 5.91 Å². The third kappa shape index (κ3) is 4.72. The summed E-state index contributed by atoms with van der Waals surface area (Å²) < 4.78 is 4.77. The monoisotopic (exact) mass is 546 g/mol. The molecule has 0 aromatic heterocycles. The number of fused-ring (bicyclic) bond motifs is 1. The van der Waals surface area contributed by atoms with E-state index in [2.05, 4.69) is 13.2 Å². The molecule has 37 heavy (non-hydrogen) atoms. The number of halogens is 1. The third-order valence-corrected chi connectivity index (χ3v) is 10.0. The number of thioether (sulfide) groups is 1. The van der Waals surface area contributed by atoms with Crippen molar-refractivity contribution in [2.75, 3.05) is 24.7 Å². The summed E-state index contributed by atoms with van der Waals surface area (Å²) in [5.74, 6) is -2.27. The number of benzene rings is 1. The molecular formula is C28H35ClN2O5S. The molecule has 6 atom stereocenters. The molecule has 7 nitrogen and oxygen atoms in total. The second-order valence-electron chi connectivity index (χ2n) is 10.3. The molecule has 3 saturated heterocycles. The zero-order valence-electron chi connectivity index (χ0n) is 21.3. The Balaban J connectivity index is 1.78. The lowest BCUT2D eigenvalue weighted by Crippen LogP contribution is -2.58. The van der Waals surface area contributed by atoms with Gasteiger partial charge in [0.05, 0.1) is 35.8 Å². The van der Waals surface area contributed by atoms with E-state index < -0.39 is 34.6 Å². The van der Waals surface area contributed by atoms with E-state index >= 15 is 0 Å². The number of likely N-dealkylation sites (tertiary alicyclic amines) is 1. The zero-order chi connectivity index (χ0) is 26.9. The SMILES string of the molecule is C=CCCOC(=O)[C@@H]1[C@H]2C(=O)N([C@@H](CO)C(C)C)C(C(=O)N(CC=C)c3ccc(Cl)cc3)C23CC[C@H]1S3. The molecule has 1 aromatic carbocycles. The molecule has 0 aliphatic carbocycles. The Labute approximate surface area is 227 Å². The van der Waals surface area contributed by atoms with Crippen molar-refractivity contribution in [1.82, 2.24) is 4.90 Å². The van der Waals surface area contributed by atoms with Crippen LogP contribution in [0.15, 0.2) is 49.6 Å². The van der Waals surface area contributed by atoms with Crippen molar-refractivity contribution in [1.29, 1.82) is 0 Å².